The fraction of sp³-hybridized carbons (Fsp3) is 0.231. The molecule has 1 N–H and O–H groups in total. The van der Waals surface area contributed by atoms with E-state index in [-0.39, 0.29) is 0 Å². The molecule has 2 heterocycles. The summed E-state index contributed by atoms with van der Waals surface area (Å²) in [5, 5.41) is 4.06. The van der Waals surface area contributed by atoms with Crippen LogP contribution in [0.25, 0.3) is 11.0 Å². The summed E-state index contributed by atoms with van der Waals surface area (Å²) in [6.45, 7) is 0.445. The zero-order chi connectivity index (χ0) is 15.2. The number of aromatic nitrogens is 4. The molecule has 8 heteroatoms. The number of imidazole rings is 1. The van der Waals surface area contributed by atoms with Crippen molar-refractivity contribution in [2.75, 3.05) is 0 Å². The molecule has 4 nitrogen and oxygen atoms in total. The summed E-state index contributed by atoms with van der Waals surface area (Å²) in [6.07, 6.45) is -2.71. The molecule has 21 heavy (non-hydrogen) atoms. The molecule has 0 saturated heterocycles. The van der Waals surface area contributed by atoms with Crippen molar-refractivity contribution < 1.29 is 13.2 Å². The fourth-order valence-corrected chi connectivity index (χ4v) is 2.49. The zero-order valence-electron chi connectivity index (χ0n) is 11.0. The lowest BCUT2D eigenvalue weighted by Crippen LogP contribution is -2.06. The normalized spacial score (nSPS) is 12.2. The van der Waals surface area contributed by atoms with Gasteiger partial charge in [0, 0.05) is 13.2 Å². The van der Waals surface area contributed by atoms with Gasteiger partial charge in [0.25, 0.3) is 0 Å². The number of nitrogens with zero attached hydrogens (tertiary/aromatic N) is 3. The third kappa shape index (κ3) is 2.46. The predicted octanol–water partition coefficient (Wildman–Crippen LogP) is 3.50. The first-order valence-corrected chi connectivity index (χ1v) is 6.54. The summed E-state index contributed by atoms with van der Waals surface area (Å²) < 4.78 is 42.0. The van der Waals surface area contributed by atoms with Gasteiger partial charge >= 0.3 is 6.18 Å². The molecule has 3 rings (SSSR count). The van der Waals surface area contributed by atoms with E-state index in [1.54, 1.807) is 22.5 Å². The number of benzene rings is 1. The van der Waals surface area contributed by atoms with Crippen LogP contribution < -0.4 is 0 Å². The molecule has 0 aliphatic carbocycles. The Morgan fingerprint density at radius 3 is 2.67 bits per heavy atom. The maximum absolute atomic E-state index is 12.7. The Labute approximate surface area is 122 Å². The Morgan fingerprint density at radius 1 is 1.29 bits per heavy atom. The number of aromatic amines is 1. The number of hydrogen-bond donors (Lipinski definition) is 1. The van der Waals surface area contributed by atoms with Gasteiger partial charge in [-0.15, -0.1) is 0 Å². The van der Waals surface area contributed by atoms with E-state index in [4.69, 9.17) is 12.2 Å². The molecule has 2 aromatic heterocycles. The minimum Gasteiger partial charge on any atom is -0.331 e. The van der Waals surface area contributed by atoms with Crippen LogP contribution in [0.15, 0.2) is 30.5 Å². The van der Waals surface area contributed by atoms with Gasteiger partial charge in [-0.05, 0) is 36.5 Å². The molecule has 0 aliphatic heterocycles. The number of halogens is 3. The second-order valence-corrected chi connectivity index (χ2v) is 5.08. The van der Waals surface area contributed by atoms with Crippen LogP contribution in [0.4, 0.5) is 13.2 Å². The van der Waals surface area contributed by atoms with Gasteiger partial charge in [0.05, 0.1) is 28.8 Å². The molecule has 0 radical (unpaired) electrons. The number of nitrogens with one attached hydrogen (secondary N) is 1. The van der Waals surface area contributed by atoms with Crippen LogP contribution in [0.5, 0.6) is 0 Å². The monoisotopic (exact) mass is 312 g/mol. The van der Waals surface area contributed by atoms with E-state index in [0.29, 0.717) is 22.3 Å². The summed E-state index contributed by atoms with van der Waals surface area (Å²) in [7, 11) is 1.80. The lowest BCUT2D eigenvalue weighted by molar-refractivity contribution is -0.137. The molecule has 0 bridgehead atoms. The van der Waals surface area contributed by atoms with Crippen molar-refractivity contribution >= 4 is 23.3 Å². The molecular weight excluding hydrogens is 301 g/mol. The highest BCUT2D eigenvalue weighted by Crippen LogP contribution is 2.31. The van der Waals surface area contributed by atoms with Crippen LogP contribution in [0.3, 0.4) is 0 Å². The second kappa shape index (κ2) is 4.73. The second-order valence-electron chi connectivity index (χ2n) is 4.69. The summed E-state index contributed by atoms with van der Waals surface area (Å²) in [4.78, 5) is 2.82. The van der Waals surface area contributed by atoms with Crippen molar-refractivity contribution in [2.24, 2.45) is 7.05 Å². The highest BCUT2D eigenvalue weighted by molar-refractivity contribution is 7.71. The molecule has 0 fully saturated rings. The van der Waals surface area contributed by atoms with Crippen LogP contribution in [0, 0.1) is 4.77 Å². The Morgan fingerprint density at radius 2 is 2.05 bits per heavy atom. The molecule has 0 spiro atoms. The smallest absolute Gasteiger partial charge is 0.331 e. The van der Waals surface area contributed by atoms with Crippen molar-refractivity contribution in [3.8, 4) is 0 Å². The van der Waals surface area contributed by atoms with Crippen LogP contribution >= 0.6 is 12.2 Å². The highest BCUT2D eigenvalue weighted by Gasteiger charge is 2.30. The van der Waals surface area contributed by atoms with Gasteiger partial charge in [0.15, 0.2) is 4.77 Å². The van der Waals surface area contributed by atoms with E-state index in [1.165, 1.54) is 6.07 Å². The number of H-pyrrole nitrogens is 1. The van der Waals surface area contributed by atoms with Crippen molar-refractivity contribution in [2.45, 2.75) is 12.7 Å². The van der Waals surface area contributed by atoms with Gasteiger partial charge in [-0.2, -0.15) is 18.3 Å². The minimum absolute atomic E-state index is 0.372. The van der Waals surface area contributed by atoms with E-state index in [0.717, 1.165) is 17.8 Å². The number of aryl methyl sites for hydroxylation is 1. The van der Waals surface area contributed by atoms with Crippen LogP contribution in [-0.2, 0) is 19.8 Å². The van der Waals surface area contributed by atoms with Gasteiger partial charge in [-0.3, -0.25) is 4.68 Å². The van der Waals surface area contributed by atoms with Gasteiger partial charge in [0.2, 0.25) is 0 Å². The number of rotatable bonds is 2. The SMILES string of the molecule is Cn1nccc1Cn1c(=S)[nH]c2cc(C(F)(F)F)ccc21. The largest absolute Gasteiger partial charge is 0.416 e. The molecule has 0 saturated carbocycles. The first-order valence-electron chi connectivity index (χ1n) is 6.13. The van der Waals surface area contributed by atoms with Gasteiger partial charge in [-0.1, -0.05) is 0 Å². The van der Waals surface area contributed by atoms with Gasteiger partial charge < -0.3 is 9.55 Å². The molecular formula is C13H11F3N4S. The molecule has 0 aliphatic rings. The van der Waals surface area contributed by atoms with E-state index in [2.05, 4.69) is 10.1 Å². The van der Waals surface area contributed by atoms with E-state index < -0.39 is 11.7 Å². The van der Waals surface area contributed by atoms with Crippen LogP contribution in [0.2, 0.25) is 0 Å². The van der Waals surface area contributed by atoms with Crippen LogP contribution in [-0.4, -0.2) is 19.3 Å². The average Bonchev–Trinajstić information content (AvgIpc) is 2.93. The first kappa shape index (κ1) is 13.9. The highest BCUT2D eigenvalue weighted by atomic mass is 32.1. The summed E-state index contributed by atoms with van der Waals surface area (Å²) >= 11 is 5.20. The quantitative estimate of drug-likeness (QED) is 0.736. The maximum Gasteiger partial charge on any atom is 0.416 e. The Hall–Kier alpha value is -2.09. The lowest BCUT2D eigenvalue weighted by atomic mass is 10.2. The Bertz CT molecular complexity index is 856. The number of alkyl halides is 3. The maximum atomic E-state index is 12.7. The summed E-state index contributed by atoms with van der Waals surface area (Å²) in [5.74, 6) is 0. The third-order valence-corrected chi connectivity index (χ3v) is 3.67. The molecule has 0 unspecified atom stereocenters. The number of hydrogen-bond acceptors (Lipinski definition) is 2. The van der Waals surface area contributed by atoms with E-state index in [1.807, 2.05) is 6.07 Å². The van der Waals surface area contributed by atoms with Crippen LogP contribution in [0.1, 0.15) is 11.3 Å². The van der Waals surface area contributed by atoms with Gasteiger partial charge in [0.1, 0.15) is 0 Å². The molecule has 3 aromatic rings. The van der Waals surface area contributed by atoms with E-state index in [9.17, 15) is 13.2 Å². The van der Waals surface area contributed by atoms with E-state index >= 15 is 0 Å². The third-order valence-electron chi connectivity index (χ3n) is 3.34. The predicted molar refractivity (Wildman–Crippen MR) is 74.4 cm³/mol. The van der Waals surface area contributed by atoms with Crippen molar-refractivity contribution in [3.63, 3.8) is 0 Å². The Balaban J connectivity index is 2.10. The summed E-state index contributed by atoms with van der Waals surface area (Å²) in [5.41, 5.74) is 1.22. The fourth-order valence-electron chi connectivity index (χ4n) is 2.22. The molecule has 0 atom stereocenters. The minimum atomic E-state index is -4.37. The summed E-state index contributed by atoms with van der Waals surface area (Å²) in [6, 6.07) is 5.40. The first-order chi connectivity index (χ1) is 9.86. The van der Waals surface area contributed by atoms with Gasteiger partial charge in [-0.25, -0.2) is 0 Å². The van der Waals surface area contributed by atoms with Crippen molar-refractivity contribution in [3.05, 3.63) is 46.5 Å². The topological polar surface area (TPSA) is 38.5 Å². The molecule has 110 valence electrons. The molecule has 1 aromatic carbocycles. The number of fused-ring (bicyclic) bond motifs is 1. The van der Waals surface area contributed by atoms with Crippen molar-refractivity contribution in [1.29, 1.82) is 0 Å². The molecule has 0 amide bonds. The Kier molecular flexibility index (Phi) is 3.12. The standard InChI is InChI=1S/C13H11F3N4S/c1-19-9(4-5-17-19)7-20-11-3-2-8(13(14,15)16)6-10(11)18-12(20)21/h2-6H,7H2,1H3,(H,18,21). The average molecular weight is 312 g/mol. The zero-order valence-corrected chi connectivity index (χ0v) is 11.8. The van der Waals surface area contributed by atoms with Crippen molar-refractivity contribution in [1.82, 2.24) is 19.3 Å². The lowest BCUT2D eigenvalue weighted by Gasteiger charge is -2.08.